The number of hydrogen-bond acceptors (Lipinski definition) is 5. The summed E-state index contributed by atoms with van der Waals surface area (Å²) in [4.78, 5) is 13.8. The van der Waals surface area contributed by atoms with Gasteiger partial charge in [-0.15, -0.1) is 0 Å². The van der Waals surface area contributed by atoms with Gasteiger partial charge in [-0.25, -0.2) is 4.79 Å². The number of aromatic nitrogens is 1. The Hall–Kier alpha value is -2.36. The summed E-state index contributed by atoms with van der Waals surface area (Å²) < 4.78 is 31.7. The summed E-state index contributed by atoms with van der Waals surface area (Å²) >= 11 is 6.13. The van der Waals surface area contributed by atoms with Crippen LogP contribution in [0.25, 0.3) is 10.9 Å². The van der Waals surface area contributed by atoms with Gasteiger partial charge in [-0.3, -0.25) is 4.98 Å². The number of carboxylic acids is 1. The molecule has 1 aromatic heterocycles. The Morgan fingerprint density at radius 1 is 1.24 bits per heavy atom. The van der Waals surface area contributed by atoms with Gasteiger partial charge >= 0.3 is 12.1 Å². The summed E-state index contributed by atoms with van der Waals surface area (Å²) in [5.41, 5.74) is 12.1. The molecule has 6 nitrogen and oxygen atoms in total. The third-order valence-corrected chi connectivity index (χ3v) is 6.41. The molecule has 0 spiro atoms. The molecule has 5 N–H and O–H groups in total. The quantitative estimate of drug-likeness (QED) is 0.464. The number of nitrogen functional groups attached to an aromatic ring is 1. The molecule has 2 unspecified atom stereocenters. The van der Waals surface area contributed by atoms with E-state index in [9.17, 15) is 23.4 Å². The van der Waals surface area contributed by atoms with Gasteiger partial charge in [-0.05, 0) is 62.1 Å². The lowest BCUT2D eigenvalue weighted by atomic mass is 9.70. The highest BCUT2D eigenvalue weighted by Gasteiger charge is 2.38. The molecular weight excluding hydrogens is 461 g/mol. The normalized spacial score (nSPS) is 19.5. The van der Waals surface area contributed by atoms with E-state index in [1.54, 1.807) is 0 Å². The second kappa shape index (κ2) is 10.3. The van der Waals surface area contributed by atoms with Crippen LogP contribution in [0.5, 0.6) is 0 Å². The summed E-state index contributed by atoms with van der Waals surface area (Å²) in [6.45, 7) is 0.0930. The lowest BCUT2D eigenvalue weighted by molar-refractivity contribution is -0.192. The van der Waals surface area contributed by atoms with Gasteiger partial charge in [0, 0.05) is 46.5 Å². The molecule has 2 aliphatic carbocycles. The third-order valence-electron chi connectivity index (χ3n) is 6.17. The van der Waals surface area contributed by atoms with Gasteiger partial charge in [0.2, 0.25) is 0 Å². The van der Waals surface area contributed by atoms with Crippen LogP contribution in [0.3, 0.4) is 0 Å². The number of benzene rings is 1. The highest BCUT2D eigenvalue weighted by atomic mass is 35.5. The Balaban J connectivity index is 0.000000383. The van der Waals surface area contributed by atoms with Gasteiger partial charge in [-0.1, -0.05) is 23.3 Å². The number of aliphatic carboxylic acids is 1. The van der Waals surface area contributed by atoms with Crippen LogP contribution in [0, 0.1) is 11.8 Å². The lowest BCUT2D eigenvalue weighted by Gasteiger charge is -2.36. The van der Waals surface area contributed by atoms with Gasteiger partial charge in [0.15, 0.2) is 0 Å². The van der Waals surface area contributed by atoms with E-state index in [1.807, 2.05) is 18.2 Å². The topological polar surface area (TPSA) is 117 Å². The average Bonchev–Trinajstić information content (AvgIpc) is 2.73. The van der Waals surface area contributed by atoms with E-state index in [0.29, 0.717) is 16.9 Å². The van der Waals surface area contributed by atoms with E-state index in [2.05, 4.69) is 6.08 Å². The van der Waals surface area contributed by atoms with Crippen LogP contribution in [-0.2, 0) is 11.2 Å². The summed E-state index contributed by atoms with van der Waals surface area (Å²) in [6, 6.07) is 5.73. The number of nitrogens with two attached hydrogens (primary N) is 1. The largest absolute Gasteiger partial charge is 0.490 e. The van der Waals surface area contributed by atoms with Gasteiger partial charge in [-0.2, -0.15) is 13.2 Å². The van der Waals surface area contributed by atoms with Gasteiger partial charge in [0.25, 0.3) is 0 Å². The predicted octanol–water partition coefficient (Wildman–Crippen LogP) is 4.46. The monoisotopic (exact) mass is 486 g/mol. The molecular formula is C23H26ClF3N2O4. The molecule has 33 heavy (non-hydrogen) atoms. The maximum atomic E-state index is 10.6. The third kappa shape index (κ3) is 5.96. The van der Waals surface area contributed by atoms with Gasteiger partial charge in [0.1, 0.15) is 0 Å². The summed E-state index contributed by atoms with van der Waals surface area (Å²) in [5.74, 6) is -1.86. The van der Waals surface area contributed by atoms with Crippen LogP contribution in [-0.4, -0.2) is 45.7 Å². The maximum absolute atomic E-state index is 10.6. The van der Waals surface area contributed by atoms with Crippen molar-refractivity contribution in [1.29, 1.82) is 0 Å². The fraction of sp³-hybridized carbons (Fsp3) is 0.478. The number of aliphatic hydroxyl groups excluding tert-OH is 2. The van der Waals surface area contributed by atoms with Crippen LogP contribution in [0.15, 0.2) is 29.8 Å². The minimum atomic E-state index is -5.08. The van der Waals surface area contributed by atoms with E-state index in [0.717, 1.165) is 54.4 Å². The first kappa shape index (κ1) is 25.3. The number of pyridine rings is 1. The molecule has 2 bridgehead atoms. The average molecular weight is 487 g/mol. The number of allylic oxidation sites excluding steroid dienone is 2. The van der Waals surface area contributed by atoms with E-state index in [1.165, 1.54) is 11.1 Å². The Labute approximate surface area is 193 Å². The summed E-state index contributed by atoms with van der Waals surface area (Å²) in [6.07, 6.45) is 2.12. The summed E-state index contributed by atoms with van der Waals surface area (Å²) in [7, 11) is 0. The fourth-order valence-corrected chi connectivity index (χ4v) is 4.77. The van der Waals surface area contributed by atoms with E-state index in [4.69, 9.17) is 32.2 Å². The van der Waals surface area contributed by atoms with Crippen molar-refractivity contribution in [1.82, 2.24) is 4.98 Å². The molecule has 2 aliphatic rings. The number of rotatable bonds is 5. The molecule has 2 atom stereocenters. The molecule has 1 aromatic carbocycles. The second-order valence-corrected chi connectivity index (χ2v) is 8.98. The lowest BCUT2D eigenvalue weighted by Crippen LogP contribution is -2.25. The number of fused-ring (bicyclic) bond motifs is 5. The zero-order valence-corrected chi connectivity index (χ0v) is 18.5. The standard InChI is InChI=1S/C21H25ClN2O2.C2HF3O2/c22-16-3-4-17-18(9-16)24-19-8-14-5-12(1-2-13(10-25)11-26)6-15(7-14)20(19)21(17)23;3-2(4,5)1(6)7/h3-5,9,13-15,25-26H,1-2,6-8,10-11H2,(H2,23,24);(H,6,7). The van der Waals surface area contributed by atoms with Crippen molar-refractivity contribution in [3.8, 4) is 0 Å². The molecule has 0 fully saturated rings. The Bertz CT molecular complexity index is 1050. The summed E-state index contributed by atoms with van der Waals surface area (Å²) in [5, 5.41) is 27.4. The Morgan fingerprint density at radius 2 is 1.91 bits per heavy atom. The van der Waals surface area contributed by atoms with Crippen molar-refractivity contribution in [2.45, 2.75) is 44.2 Å². The molecule has 180 valence electrons. The number of halogens is 4. The molecule has 1 heterocycles. The van der Waals surface area contributed by atoms with Crippen LogP contribution in [0.4, 0.5) is 18.9 Å². The first-order valence-electron chi connectivity index (χ1n) is 10.6. The Morgan fingerprint density at radius 3 is 2.52 bits per heavy atom. The van der Waals surface area contributed by atoms with Crippen LogP contribution in [0.2, 0.25) is 5.02 Å². The fourth-order valence-electron chi connectivity index (χ4n) is 4.60. The van der Waals surface area contributed by atoms with Crippen LogP contribution >= 0.6 is 11.6 Å². The van der Waals surface area contributed by atoms with E-state index in [-0.39, 0.29) is 19.1 Å². The highest BCUT2D eigenvalue weighted by molar-refractivity contribution is 6.31. The zero-order valence-electron chi connectivity index (χ0n) is 17.8. The molecule has 10 heteroatoms. The first-order chi connectivity index (χ1) is 15.5. The number of nitrogens with zero attached hydrogens (tertiary/aromatic N) is 1. The molecule has 0 saturated heterocycles. The Kier molecular flexibility index (Phi) is 7.87. The number of anilines is 1. The minimum Gasteiger partial charge on any atom is -0.475 e. The number of alkyl halides is 3. The number of carbonyl (C=O) groups is 1. The van der Waals surface area contributed by atoms with Crippen LogP contribution in [0.1, 0.15) is 42.9 Å². The zero-order chi connectivity index (χ0) is 24.3. The maximum Gasteiger partial charge on any atom is 0.490 e. The van der Waals surface area contributed by atoms with Crippen molar-refractivity contribution in [2.24, 2.45) is 11.8 Å². The minimum absolute atomic E-state index is 0.0228. The number of hydrogen-bond donors (Lipinski definition) is 4. The van der Waals surface area contributed by atoms with Crippen molar-refractivity contribution >= 4 is 34.2 Å². The smallest absolute Gasteiger partial charge is 0.475 e. The number of aliphatic hydroxyl groups is 2. The molecule has 0 aliphatic heterocycles. The molecule has 0 amide bonds. The SMILES string of the molecule is Nc1c2c(nc3cc(Cl)ccc13)CC1C=C(CCC(CO)CO)CC2C1.O=C(O)C(F)(F)F. The van der Waals surface area contributed by atoms with E-state index >= 15 is 0 Å². The molecule has 4 rings (SSSR count). The molecule has 0 saturated carbocycles. The second-order valence-electron chi connectivity index (χ2n) is 8.55. The highest BCUT2D eigenvalue weighted by Crippen LogP contribution is 2.47. The number of carboxylic acid groups (broad SMARTS) is 1. The van der Waals surface area contributed by atoms with Crippen molar-refractivity contribution < 1.29 is 33.3 Å². The van der Waals surface area contributed by atoms with Crippen molar-refractivity contribution in [3.63, 3.8) is 0 Å². The molecule has 2 aromatic rings. The first-order valence-corrected chi connectivity index (χ1v) is 11.0. The van der Waals surface area contributed by atoms with Crippen molar-refractivity contribution in [2.75, 3.05) is 18.9 Å². The predicted molar refractivity (Wildman–Crippen MR) is 119 cm³/mol. The van der Waals surface area contributed by atoms with Gasteiger partial charge < -0.3 is 21.1 Å². The van der Waals surface area contributed by atoms with Gasteiger partial charge in [0.05, 0.1) is 5.52 Å². The van der Waals surface area contributed by atoms with Crippen molar-refractivity contribution in [3.05, 3.63) is 46.1 Å². The van der Waals surface area contributed by atoms with E-state index < -0.39 is 12.1 Å². The van der Waals surface area contributed by atoms with Crippen LogP contribution < -0.4 is 5.73 Å². The molecule has 0 radical (unpaired) electrons.